The Hall–Kier alpha value is -2.73. The van der Waals surface area contributed by atoms with E-state index in [4.69, 9.17) is 4.74 Å². The maximum Gasteiger partial charge on any atom is 0.408 e. The molecule has 2 N–H and O–H groups in total. The zero-order valence-electron chi connectivity index (χ0n) is 20.4. The first-order chi connectivity index (χ1) is 15.4. The van der Waals surface area contributed by atoms with E-state index in [1.54, 1.807) is 26.8 Å². The summed E-state index contributed by atoms with van der Waals surface area (Å²) in [5.74, 6) is -1.01. The Morgan fingerprint density at radius 3 is 2.39 bits per heavy atom. The van der Waals surface area contributed by atoms with E-state index < -0.39 is 29.7 Å². The predicted octanol–water partition coefficient (Wildman–Crippen LogP) is 3.44. The van der Waals surface area contributed by atoms with Crippen LogP contribution in [0, 0.1) is 25.2 Å². The molecular formula is C24H36N4O4S. The summed E-state index contributed by atoms with van der Waals surface area (Å²) in [5, 5.41) is 14.8. The third-order valence-corrected chi connectivity index (χ3v) is 5.30. The maximum atomic E-state index is 13.4. The number of hydrogen-bond acceptors (Lipinski definition) is 6. The van der Waals surface area contributed by atoms with Gasteiger partial charge < -0.3 is 20.3 Å². The molecule has 0 saturated carbocycles. The molecule has 3 amide bonds. The quantitative estimate of drug-likeness (QED) is 0.272. The summed E-state index contributed by atoms with van der Waals surface area (Å²) in [5.41, 5.74) is 1.84. The number of ether oxygens (including phenoxy) is 1. The largest absolute Gasteiger partial charge is 0.444 e. The summed E-state index contributed by atoms with van der Waals surface area (Å²) >= 11 is 4.21. The molecule has 8 nitrogen and oxygen atoms in total. The number of unbranched alkanes of at least 4 members (excludes halogenated alkanes) is 1. The molecular weight excluding hydrogens is 440 g/mol. The highest BCUT2D eigenvalue weighted by Crippen LogP contribution is 2.25. The number of benzene rings is 1. The van der Waals surface area contributed by atoms with Gasteiger partial charge in [0.25, 0.3) is 0 Å². The van der Waals surface area contributed by atoms with Gasteiger partial charge in [0.15, 0.2) is 0 Å². The molecule has 33 heavy (non-hydrogen) atoms. The monoisotopic (exact) mass is 476 g/mol. The highest BCUT2D eigenvalue weighted by Gasteiger charge is 2.35. The van der Waals surface area contributed by atoms with Crippen LogP contribution in [0.5, 0.6) is 0 Å². The van der Waals surface area contributed by atoms with Crippen molar-refractivity contribution in [3.05, 3.63) is 34.9 Å². The minimum absolute atomic E-state index is 0.0307. The molecule has 2 atom stereocenters. The number of amides is 3. The van der Waals surface area contributed by atoms with Gasteiger partial charge in [-0.15, -0.1) is 0 Å². The molecule has 0 saturated heterocycles. The van der Waals surface area contributed by atoms with E-state index in [9.17, 15) is 19.6 Å². The lowest BCUT2D eigenvalue weighted by molar-refractivity contribution is -0.141. The summed E-state index contributed by atoms with van der Waals surface area (Å²) in [6, 6.07) is 5.36. The van der Waals surface area contributed by atoms with Crippen LogP contribution in [0.2, 0.25) is 0 Å². The van der Waals surface area contributed by atoms with E-state index in [1.807, 2.05) is 39.0 Å². The lowest BCUT2D eigenvalue weighted by Gasteiger charge is -2.32. The molecule has 0 bridgehead atoms. The van der Waals surface area contributed by atoms with Crippen molar-refractivity contribution in [1.29, 1.82) is 5.26 Å². The molecule has 0 spiro atoms. The van der Waals surface area contributed by atoms with E-state index in [-0.39, 0.29) is 18.2 Å². The van der Waals surface area contributed by atoms with Gasteiger partial charge in [0.1, 0.15) is 24.2 Å². The first-order valence-corrected chi connectivity index (χ1v) is 11.7. The molecule has 0 aromatic heterocycles. The van der Waals surface area contributed by atoms with E-state index >= 15 is 0 Å². The third kappa shape index (κ3) is 8.97. The van der Waals surface area contributed by atoms with Gasteiger partial charge in [0.2, 0.25) is 11.8 Å². The Bertz CT molecular complexity index is 876. The van der Waals surface area contributed by atoms with Crippen LogP contribution in [-0.2, 0) is 14.3 Å². The molecule has 0 aliphatic heterocycles. The van der Waals surface area contributed by atoms with Gasteiger partial charge in [-0.1, -0.05) is 31.5 Å². The van der Waals surface area contributed by atoms with Crippen LogP contribution >= 0.6 is 12.6 Å². The van der Waals surface area contributed by atoms with E-state index in [0.29, 0.717) is 12.1 Å². The Balaban J connectivity index is 3.33. The summed E-state index contributed by atoms with van der Waals surface area (Å²) in [6.07, 6.45) is 0.913. The molecule has 9 heteroatoms. The lowest BCUT2D eigenvalue weighted by atomic mass is 9.98. The van der Waals surface area contributed by atoms with Gasteiger partial charge in [0.05, 0.1) is 6.07 Å². The standard InChI is InChI=1S/C24H36N4O4S/c1-7-8-12-26-21(29)20(18-10-9-16(2)17(3)14-18)28(13-11-25)22(30)19(15-33)27-23(31)32-24(4,5)6/h9-10,14,19-20,33H,7-8,12-13,15H2,1-6H3,(H,26,29)(H,27,31). The molecule has 1 aromatic carbocycles. The van der Waals surface area contributed by atoms with Gasteiger partial charge in [-0.25, -0.2) is 4.79 Å². The average Bonchev–Trinajstić information content (AvgIpc) is 2.72. The summed E-state index contributed by atoms with van der Waals surface area (Å²) < 4.78 is 5.25. The SMILES string of the molecule is CCCCNC(=O)C(c1ccc(C)c(C)c1)N(CC#N)C(=O)C(CS)NC(=O)OC(C)(C)C. The van der Waals surface area contributed by atoms with Crippen molar-refractivity contribution >= 4 is 30.5 Å². The smallest absolute Gasteiger partial charge is 0.408 e. The molecule has 0 heterocycles. The second-order valence-electron chi connectivity index (χ2n) is 8.90. The second-order valence-corrected chi connectivity index (χ2v) is 9.26. The summed E-state index contributed by atoms with van der Waals surface area (Å²) in [4.78, 5) is 40.1. The van der Waals surface area contributed by atoms with Crippen LogP contribution in [0.15, 0.2) is 18.2 Å². The van der Waals surface area contributed by atoms with Gasteiger partial charge in [-0.2, -0.15) is 17.9 Å². The lowest BCUT2D eigenvalue weighted by Crippen LogP contribution is -2.54. The second kappa shape index (κ2) is 13.1. The van der Waals surface area contributed by atoms with Gasteiger partial charge >= 0.3 is 6.09 Å². The van der Waals surface area contributed by atoms with Crippen molar-refractivity contribution in [2.24, 2.45) is 0 Å². The number of alkyl carbamates (subject to hydrolysis) is 1. The van der Waals surface area contributed by atoms with E-state index in [2.05, 4.69) is 23.3 Å². The molecule has 1 rings (SSSR count). The van der Waals surface area contributed by atoms with Crippen molar-refractivity contribution in [3.63, 3.8) is 0 Å². The number of hydrogen-bond donors (Lipinski definition) is 3. The zero-order valence-corrected chi connectivity index (χ0v) is 21.3. The number of nitrogens with one attached hydrogen (secondary N) is 2. The van der Waals surface area contributed by atoms with E-state index in [0.717, 1.165) is 24.0 Å². The van der Waals surface area contributed by atoms with Crippen LogP contribution in [-0.4, -0.2) is 53.3 Å². The molecule has 1 aromatic rings. The molecule has 0 aliphatic carbocycles. The fraction of sp³-hybridized carbons (Fsp3) is 0.583. The zero-order chi connectivity index (χ0) is 25.2. The third-order valence-electron chi connectivity index (χ3n) is 4.93. The van der Waals surface area contributed by atoms with Crippen molar-refractivity contribution in [1.82, 2.24) is 15.5 Å². The molecule has 2 unspecified atom stereocenters. The topological polar surface area (TPSA) is 112 Å². The van der Waals surface area contributed by atoms with Crippen LogP contribution in [0.25, 0.3) is 0 Å². The minimum Gasteiger partial charge on any atom is -0.444 e. The minimum atomic E-state index is -1.07. The highest BCUT2D eigenvalue weighted by molar-refractivity contribution is 7.80. The van der Waals surface area contributed by atoms with Crippen molar-refractivity contribution in [2.75, 3.05) is 18.8 Å². The van der Waals surface area contributed by atoms with Crippen molar-refractivity contribution in [3.8, 4) is 6.07 Å². The van der Waals surface area contributed by atoms with Gasteiger partial charge in [-0.3, -0.25) is 9.59 Å². The van der Waals surface area contributed by atoms with Crippen molar-refractivity contribution in [2.45, 2.75) is 72.1 Å². The van der Waals surface area contributed by atoms with Gasteiger partial charge in [0, 0.05) is 12.3 Å². The van der Waals surface area contributed by atoms with E-state index in [1.165, 1.54) is 4.90 Å². The predicted molar refractivity (Wildman–Crippen MR) is 131 cm³/mol. The van der Waals surface area contributed by atoms with Crippen LogP contribution in [0.4, 0.5) is 4.79 Å². The first-order valence-electron chi connectivity index (χ1n) is 11.1. The Labute approximate surface area is 202 Å². The number of aryl methyl sites for hydroxylation is 2. The fourth-order valence-electron chi connectivity index (χ4n) is 3.10. The first kappa shape index (κ1) is 28.3. The van der Waals surface area contributed by atoms with Gasteiger partial charge in [-0.05, 0) is 57.7 Å². The van der Waals surface area contributed by atoms with Crippen LogP contribution in [0.3, 0.4) is 0 Å². The Morgan fingerprint density at radius 2 is 1.88 bits per heavy atom. The number of nitrogens with zero attached hydrogens (tertiary/aromatic N) is 2. The molecule has 0 radical (unpaired) electrons. The number of carbonyl (C=O) groups is 3. The molecule has 182 valence electrons. The number of rotatable bonds is 10. The molecule has 0 aliphatic rings. The maximum absolute atomic E-state index is 13.4. The number of thiol groups is 1. The Kier molecular flexibility index (Phi) is 11.2. The summed E-state index contributed by atoms with van der Waals surface area (Å²) in [6.45, 7) is 11.1. The average molecular weight is 477 g/mol. The number of nitriles is 1. The highest BCUT2D eigenvalue weighted by atomic mass is 32.1. The normalized spacial score (nSPS) is 12.8. The number of carbonyl (C=O) groups excluding carboxylic acids is 3. The Morgan fingerprint density at radius 1 is 1.21 bits per heavy atom. The van der Waals surface area contributed by atoms with Crippen LogP contribution in [0.1, 0.15) is 63.3 Å². The molecule has 0 fully saturated rings. The fourth-order valence-corrected chi connectivity index (χ4v) is 3.35. The van der Waals surface area contributed by atoms with Crippen LogP contribution < -0.4 is 10.6 Å². The van der Waals surface area contributed by atoms with Crippen molar-refractivity contribution < 1.29 is 19.1 Å². The summed E-state index contributed by atoms with van der Waals surface area (Å²) in [7, 11) is 0.